The first-order chi connectivity index (χ1) is 10.2. The van der Waals surface area contributed by atoms with Crippen molar-refractivity contribution in [3.8, 4) is 5.75 Å². The van der Waals surface area contributed by atoms with E-state index in [1.807, 2.05) is 36.4 Å². The van der Waals surface area contributed by atoms with Gasteiger partial charge in [0.05, 0.1) is 11.6 Å². The van der Waals surface area contributed by atoms with Crippen LogP contribution in [-0.2, 0) is 13.2 Å². The van der Waals surface area contributed by atoms with Crippen LogP contribution in [0.25, 0.3) is 0 Å². The Labute approximate surface area is 128 Å². The van der Waals surface area contributed by atoms with E-state index in [4.69, 9.17) is 25.9 Å². The number of aliphatic hydroxyl groups excluding tert-OH is 1. The maximum Gasteiger partial charge on any atom is 0.138 e. The first kappa shape index (κ1) is 14.4. The summed E-state index contributed by atoms with van der Waals surface area (Å²) in [6.07, 6.45) is 1.12. The number of halogens is 1. The van der Waals surface area contributed by atoms with Crippen LogP contribution in [0.4, 0.5) is 0 Å². The first-order valence-electron chi connectivity index (χ1n) is 7.06. The predicted molar refractivity (Wildman–Crippen MR) is 80.4 cm³/mol. The fraction of sp³-hybridized carbons (Fsp3) is 0.375. The van der Waals surface area contributed by atoms with Crippen LogP contribution in [0.1, 0.15) is 17.9 Å². The van der Waals surface area contributed by atoms with Gasteiger partial charge in [0.1, 0.15) is 30.0 Å². The third-order valence-corrected chi connectivity index (χ3v) is 3.92. The topological polar surface area (TPSA) is 45.8 Å². The average Bonchev–Trinajstić information content (AvgIpc) is 3.11. The number of hydrogen-bond acceptors (Lipinski definition) is 4. The molecule has 1 atom stereocenters. The second-order valence-electron chi connectivity index (χ2n) is 5.22. The zero-order chi connectivity index (χ0) is 14.7. The van der Waals surface area contributed by atoms with Gasteiger partial charge >= 0.3 is 0 Å². The molecule has 0 unspecified atom stereocenters. The molecule has 3 rings (SSSR count). The Bertz CT molecular complexity index is 599. The van der Waals surface area contributed by atoms with Crippen molar-refractivity contribution in [2.45, 2.75) is 25.7 Å². The summed E-state index contributed by atoms with van der Waals surface area (Å²) >= 11 is 6.11. The summed E-state index contributed by atoms with van der Waals surface area (Å²) in [5.74, 6) is 2.22. The molecule has 0 radical (unpaired) electrons. The Hall–Kier alpha value is -1.49. The monoisotopic (exact) mass is 307 g/mol. The van der Waals surface area contributed by atoms with Crippen molar-refractivity contribution in [3.05, 3.63) is 52.9 Å². The Morgan fingerprint density at radius 2 is 2.05 bits per heavy atom. The van der Waals surface area contributed by atoms with Gasteiger partial charge in [-0.2, -0.15) is 0 Å². The second kappa shape index (κ2) is 6.52. The number of aliphatic hydroxyl groups is 1. The van der Waals surface area contributed by atoms with Crippen LogP contribution >= 0.6 is 11.6 Å². The number of likely N-dealkylation sites (tertiary alicyclic amines) is 1. The van der Waals surface area contributed by atoms with Gasteiger partial charge in [-0.25, -0.2) is 0 Å². The van der Waals surface area contributed by atoms with Crippen molar-refractivity contribution in [2.75, 3.05) is 13.1 Å². The van der Waals surface area contributed by atoms with Crippen molar-refractivity contribution in [2.24, 2.45) is 0 Å². The lowest BCUT2D eigenvalue weighted by molar-refractivity contribution is 0.191. The first-order valence-corrected chi connectivity index (χ1v) is 7.44. The normalized spacial score (nSPS) is 19.0. The van der Waals surface area contributed by atoms with Crippen molar-refractivity contribution >= 4 is 11.6 Å². The van der Waals surface area contributed by atoms with E-state index in [1.165, 1.54) is 0 Å². The van der Waals surface area contributed by atoms with Gasteiger partial charge in [0.25, 0.3) is 0 Å². The third kappa shape index (κ3) is 3.59. The fourth-order valence-electron chi connectivity index (χ4n) is 2.57. The number of para-hydroxylation sites is 1. The van der Waals surface area contributed by atoms with Gasteiger partial charge in [0, 0.05) is 13.1 Å². The van der Waals surface area contributed by atoms with Gasteiger partial charge in [0.15, 0.2) is 0 Å². The Morgan fingerprint density at radius 3 is 2.81 bits per heavy atom. The van der Waals surface area contributed by atoms with Gasteiger partial charge in [-0.1, -0.05) is 23.7 Å². The second-order valence-corrected chi connectivity index (χ2v) is 5.63. The van der Waals surface area contributed by atoms with E-state index in [2.05, 4.69) is 4.90 Å². The van der Waals surface area contributed by atoms with Crippen LogP contribution in [0.2, 0.25) is 5.02 Å². The van der Waals surface area contributed by atoms with Gasteiger partial charge in [0.2, 0.25) is 0 Å². The highest BCUT2D eigenvalue weighted by Crippen LogP contribution is 2.27. The number of furan rings is 1. The number of benzene rings is 1. The molecule has 0 amide bonds. The molecule has 5 heteroatoms. The number of rotatable bonds is 5. The van der Waals surface area contributed by atoms with Gasteiger partial charge in [-0.05, 0) is 30.7 Å². The lowest BCUT2D eigenvalue weighted by atomic mass is 10.3. The Morgan fingerprint density at radius 1 is 1.24 bits per heavy atom. The van der Waals surface area contributed by atoms with E-state index in [1.54, 1.807) is 0 Å². The molecule has 1 fully saturated rings. The minimum Gasteiger partial charge on any atom is -0.487 e. The quantitative estimate of drug-likeness (QED) is 0.922. The summed E-state index contributed by atoms with van der Waals surface area (Å²) in [5, 5.41) is 9.65. The SMILES string of the molecule is OCc1ccc(CN2CC[C@H](Oc3ccccc3Cl)C2)o1. The van der Waals surface area contributed by atoms with Crippen LogP contribution in [0.3, 0.4) is 0 Å². The minimum absolute atomic E-state index is 0.0573. The van der Waals surface area contributed by atoms with E-state index in [0.29, 0.717) is 10.8 Å². The molecule has 2 aromatic rings. The van der Waals surface area contributed by atoms with Gasteiger partial charge < -0.3 is 14.3 Å². The average molecular weight is 308 g/mol. The molecule has 0 bridgehead atoms. The molecule has 1 aliphatic heterocycles. The molecule has 0 spiro atoms. The predicted octanol–water partition coefficient (Wildman–Crippen LogP) is 3.08. The molecule has 1 aromatic heterocycles. The highest BCUT2D eigenvalue weighted by molar-refractivity contribution is 6.32. The highest BCUT2D eigenvalue weighted by Gasteiger charge is 2.25. The standard InChI is InChI=1S/C16H18ClNO3/c17-15-3-1-2-4-16(15)21-13-7-8-18(10-13)9-12-5-6-14(11-19)20-12/h1-6,13,19H,7-11H2/t13-/m0/s1. The van der Waals surface area contributed by atoms with Gasteiger partial charge in [-0.15, -0.1) is 0 Å². The third-order valence-electron chi connectivity index (χ3n) is 3.61. The van der Waals surface area contributed by atoms with Crippen LogP contribution < -0.4 is 4.74 Å². The van der Waals surface area contributed by atoms with E-state index >= 15 is 0 Å². The summed E-state index contributed by atoms with van der Waals surface area (Å²) in [6, 6.07) is 11.3. The van der Waals surface area contributed by atoms with Crippen LogP contribution in [0, 0.1) is 0 Å². The molecule has 4 nitrogen and oxygen atoms in total. The number of hydrogen-bond donors (Lipinski definition) is 1. The minimum atomic E-state index is -0.0573. The summed E-state index contributed by atoms with van der Waals surface area (Å²) < 4.78 is 11.5. The molecular formula is C16H18ClNO3. The molecule has 1 N–H and O–H groups in total. The summed E-state index contributed by atoms with van der Waals surface area (Å²) in [6.45, 7) is 2.49. The van der Waals surface area contributed by atoms with Crippen molar-refractivity contribution in [1.29, 1.82) is 0 Å². The zero-order valence-electron chi connectivity index (χ0n) is 11.7. The van der Waals surface area contributed by atoms with Crippen LogP contribution in [0.5, 0.6) is 5.75 Å². The van der Waals surface area contributed by atoms with E-state index in [0.717, 1.165) is 37.6 Å². The van der Waals surface area contributed by atoms with Crippen molar-refractivity contribution in [3.63, 3.8) is 0 Å². The Balaban J connectivity index is 1.54. The molecular weight excluding hydrogens is 290 g/mol. The smallest absolute Gasteiger partial charge is 0.138 e. The summed E-state index contributed by atoms with van der Waals surface area (Å²) in [4.78, 5) is 2.28. The maximum absolute atomic E-state index is 9.00. The van der Waals surface area contributed by atoms with E-state index in [9.17, 15) is 0 Å². The van der Waals surface area contributed by atoms with E-state index < -0.39 is 0 Å². The highest BCUT2D eigenvalue weighted by atomic mass is 35.5. The maximum atomic E-state index is 9.00. The molecule has 2 heterocycles. The molecule has 0 aliphatic carbocycles. The largest absolute Gasteiger partial charge is 0.487 e. The Kier molecular flexibility index (Phi) is 4.48. The van der Waals surface area contributed by atoms with Crippen LogP contribution in [0.15, 0.2) is 40.8 Å². The molecule has 1 saturated heterocycles. The lowest BCUT2D eigenvalue weighted by Gasteiger charge is -2.16. The van der Waals surface area contributed by atoms with Crippen LogP contribution in [-0.4, -0.2) is 29.2 Å². The fourth-order valence-corrected chi connectivity index (χ4v) is 2.75. The van der Waals surface area contributed by atoms with Gasteiger partial charge in [-0.3, -0.25) is 4.90 Å². The molecule has 1 aromatic carbocycles. The number of nitrogens with zero attached hydrogens (tertiary/aromatic N) is 1. The number of ether oxygens (including phenoxy) is 1. The molecule has 112 valence electrons. The van der Waals surface area contributed by atoms with E-state index in [-0.39, 0.29) is 12.7 Å². The summed E-state index contributed by atoms with van der Waals surface area (Å²) in [5.41, 5.74) is 0. The molecule has 1 aliphatic rings. The summed E-state index contributed by atoms with van der Waals surface area (Å²) in [7, 11) is 0. The van der Waals surface area contributed by atoms with Crippen molar-refractivity contribution in [1.82, 2.24) is 4.90 Å². The lowest BCUT2D eigenvalue weighted by Crippen LogP contribution is -2.24. The molecule has 21 heavy (non-hydrogen) atoms. The zero-order valence-corrected chi connectivity index (χ0v) is 12.4. The molecule has 0 saturated carbocycles. The van der Waals surface area contributed by atoms with Crippen molar-refractivity contribution < 1.29 is 14.3 Å².